The summed E-state index contributed by atoms with van der Waals surface area (Å²) in [5.41, 5.74) is 0.448. The molecule has 0 aliphatic rings. The van der Waals surface area contributed by atoms with E-state index in [2.05, 4.69) is 5.32 Å². The zero-order valence-electron chi connectivity index (χ0n) is 15.5. The third-order valence-electron chi connectivity index (χ3n) is 4.37. The SMILES string of the molecule is CCC(C)N(Cc1ccc(C(F)(F)F)cc1)C(=O)Nc1ccccc1OC. The Hall–Kier alpha value is -2.70. The number of nitrogens with one attached hydrogen (secondary N) is 1. The highest BCUT2D eigenvalue weighted by Crippen LogP contribution is 2.29. The molecule has 0 heterocycles. The molecule has 0 bridgehead atoms. The summed E-state index contributed by atoms with van der Waals surface area (Å²) in [6.45, 7) is 4.04. The third kappa shape index (κ3) is 5.39. The van der Waals surface area contributed by atoms with E-state index in [0.29, 0.717) is 23.4 Å². The van der Waals surface area contributed by atoms with Gasteiger partial charge in [-0.2, -0.15) is 13.2 Å². The molecule has 0 aliphatic carbocycles. The first kappa shape index (κ1) is 20.6. The molecule has 1 unspecified atom stereocenters. The first-order valence-electron chi connectivity index (χ1n) is 8.63. The van der Waals surface area contributed by atoms with Gasteiger partial charge in [0.1, 0.15) is 5.75 Å². The first-order valence-corrected chi connectivity index (χ1v) is 8.63. The van der Waals surface area contributed by atoms with E-state index in [1.54, 1.807) is 29.2 Å². The highest BCUT2D eigenvalue weighted by atomic mass is 19.4. The van der Waals surface area contributed by atoms with Crippen LogP contribution in [-0.4, -0.2) is 24.1 Å². The highest BCUT2D eigenvalue weighted by Gasteiger charge is 2.30. The Morgan fingerprint density at radius 2 is 1.78 bits per heavy atom. The summed E-state index contributed by atoms with van der Waals surface area (Å²) >= 11 is 0. The lowest BCUT2D eigenvalue weighted by Gasteiger charge is -2.29. The van der Waals surface area contributed by atoms with Gasteiger partial charge in [-0.25, -0.2) is 4.79 Å². The van der Waals surface area contributed by atoms with Crippen LogP contribution in [0.5, 0.6) is 5.75 Å². The molecule has 0 aliphatic heterocycles. The van der Waals surface area contributed by atoms with Crippen molar-refractivity contribution in [1.29, 1.82) is 0 Å². The van der Waals surface area contributed by atoms with Crippen LogP contribution in [0.25, 0.3) is 0 Å². The highest BCUT2D eigenvalue weighted by molar-refractivity contribution is 5.91. The second kappa shape index (κ2) is 8.79. The van der Waals surface area contributed by atoms with Crippen molar-refractivity contribution in [1.82, 2.24) is 4.90 Å². The van der Waals surface area contributed by atoms with Gasteiger partial charge in [0.05, 0.1) is 18.4 Å². The van der Waals surface area contributed by atoms with Gasteiger partial charge in [-0.1, -0.05) is 31.2 Å². The molecule has 7 heteroatoms. The van der Waals surface area contributed by atoms with Crippen molar-refractivity contribution in [3.63, 3.8) is 0 Å². The fourth-order valence-corrected chi connectivity index (χ4v) is 2.58. The molecule has 1 N–H and O–H groups in total. The summed E-state index contributed by atoms with van der Waals surface area (Å²) in [5, 5.41) is 2.81. The summed E-state index contributed by atoms with van der Waals surface area (Å²) < 4.78 is 43.4. The van der Waals surface area contributed by atoms with E-state index in [0.717, 1.165) is 12.1 Å². The number of urea groups is 1. The number of ether oxygens (including phenoxy) is 1. The second-order valence-electron chi connectivity index (χ2n) is 6.21. The molecule has 0 fully saturated rings. The molecule has 2 aromatic rings. The van der Waals surface area contributed by atoms with E-state index < -0.39 is 11.7 Å². The lowest BCUT2D eigenvalue weighted by atomic mass is 10.1. The predicted octanol–water partition coefficient (Wildman–Crippen LogP) is 5.55. The summed E-state index contributed by atoms with van der Waals surface area (Å²) in [4.78, 5) is 14.4. The number of halogens is 3. The molecule has 146 valence electrons. The van der Waals surface area contributed by atoms with Crippen molar-refractivity contribution >= 4 is 11.7 Å². The van der Waals surface area contributed by atoms with Crippen molar-refractivity contribution in [2.24, 2.45) is 0 Å². The molecule has 1 atom stereocenters. The molecule has 0 saturated heterocycles. The van der Waals surface area contributed by atoms with E-state index in [1.165, 1.54) is 19.2 Å². The van der Waals surface area contributed by atoms with E-state index in [1.807, 2.05) is 13.8 Å². The van der Waals surface area contributed by atoms with Gasteiger partial charge < -0.3 is 15.0 Å². The van der Waals surface area contributed by atoms with Crippen molar-refractivity contribution in [3.05, 3.63) is 59.7 Å². The van der Waals surface area contributed by atoms with Gasteiger partial charge in [0, 0.05) is 12.6 Å². The molecule has 0 radical (unpaired) electrons. The largest absolute Gasteiger partial charge is 0.495 e. The maximum atomic E-state index is 12.8. The van der Waals surface area contributed by atoms with Crippen molar-refractivity contribution in [2.45, 2.75) is 39.0 Å². The van der Waals surface area contributed by atoms with E-state index >= 15 is 0 Å². The number of nitrogens with zero attached hydrogens (tertiary/aromatic N) is 1. The minimum absolute atomic E-state index is 0.0954. The van der Waals surface area contributed by atoms with Crippen LogP contribution in [0.2, 0.25) is 0 Å². The number of hydrogen-bond donors (Lipinski definition) is 1. The second-order valence-corrected chi connectivity index (χ2v) is 6.21. The van der Waals surface area contributed by atoms with Crippen molar-refractivity contribution < 1.29 is 22.7 Å². The average Bonchev–Trinajstić information content (AvgIpc) is 2.65. The minimum Gasteiger partial charge on any atom is -0.495 e. The molecule has 2 amide bonds. The molecule has 2 aromatic carbocycles. The van der Waals surface area contributed by atoms with E-state index in [9.17, 15) is 18.0 Å². The van der Waals surface area contributed by atoms with Crippen LogP contribution in [0.4, 0.5) is 23.7 Å². The van der Waals surface area contributed by atoms with E-state index in [4.69, 9.17) is 4.74 Å². The number of alkyl halides is 3. The van der Waals surface area contributed by atoms with Crippen LogP contribution in [0, 0.1) is 0 Å². The zero-order chi connectivity index (χ0) is 20.0. The van der Waals surface area contributed by atoms with Crippen LogP contribution in [0.3, 0.4) is 0 Å². The fourth-order valence-electron chi connectivity index (χ4n) is 2.58. The molecule has 0 aromatic heterocycles. The number of carbonyl (C=O) groups is 1. The summed E-state index contributed by atoms with van der Waals surface area (Å²) in [5.74, 6) is 0.532. The maximum absolute atomic E-state index is 12.8. The summed E-state index contributed by atoms with van der Waals surface area (Å²) in [7, 11) is 1.51. The quantitative estimate of drug-likeness (QED) is 0.714. The lowest BCUT2D eigenvalue weighted by molar-refractivity contribution is -0.137. The number of amides is 2. The molecular formula is C20H23F3N2O2. The fraction of sp³-hybridized carbons (Fsp3) is 0.350. The average molecular weight is 380 g/mol. The van der Waals surface area contributed by atoms with Crippen molar-refractivity contribution in [2.75, 3.05) is 12.4 Å². The van der Waals surface area contributed by atoms with Gasteiger partial charge in [-0.05, 0) is 43.2 Å². The first-order chi connectivity index (χ1) is 12.8. The Kier molecular flexibility index (Phi) is 6.71. The van der Waals surface area contributed by atoms with Gasteiger partial charge >= 0.3 is 12.2 Å². The topological polar surface area (TPSA) is 41.6 Å². The lowest BCUT2D eigenvalue weighted by Crippen LogP contribution is -2.40. The molecule has 27 heavy (non-hydrogen) atoms. The number of benzene rings is 2. The van der Waals surface area contributed by atoms with Gasteiger partial charge in [0.2, 0.25) is 0 Å². The number of methoxy groups -OCH3 is 1. The third-order valence-corrected chi connectivity index (χ3v) is 4.37. The summed E-state index contributed by atoms with van der Waals surface area (Å²) in [6.07, 6.45) is -3.67. The Morgan fingerprint density at radius 3 is 2.33 bits per heavy atom. The Bertz CT molecular complexity index is 761. The number of carbonyl (C=O) groups excluding carboxylic acids is 1. The molecule has 0 spiro atoms. The predicted molar refractivity (Wildman–Crippen MR) is 98.8 cm³/mol. The van der Waals surface area contributed by atoms with Crippen molar-refractivity contribution in [3.8, 4) is 5.75 Å². The maximum Gasteiger partial charge on any atom is 0.416 e. The normalized spacial score (nSPS) is 12.4. The number of rotatable bonds is 6. The Labute approximate surface area is 156 Å². The molecule has 0 saturated carbocycles. The van der Waals surface area contributed by atoms with Crippen LogP contribution in [-0.2, 0) is 12.7 Å². The van der Waals surface area contributed by atoms with Gasteiger partial charge in [0.25, 0.3) is 0 Å². The van der Waals surface area contributed by atoms with Gasteiger partial charge in [0.15, 0.2) is 0 Å². The molecule has 2 rings (SSSR count). The van der Waals surface area contributed by atoms with Crippen LogP contribution in [0.15, 0.2) is 48.5 Å². The number of anilines is 1. The summed E-state index contributed by atoms with van der Waals surface area (Å²) in [6, 6.07) is 11.5. The minimum atomic E-state index is -4.38. The monoisotopic (exact) mass is 380 g/mol. The van der Waals surface area contributed by atoms with Gasteiger partial charge in [-0.3, -0.25) is 0 Å². The van der Waals surface area contributed by atoms with Crippen LogP contribution >= 0.6 is 0 Å². The van der Waals surface area contributed by atoms with Crippen LogP contribution in [0.1, 0.15) is 31.4 Å². The smallest absolute Gasteiger partial charge is 0.416 e. The number of hydrogen-bond acceptors (Lipinski definition) is 2. The van der Waals surface area contributed by atoms with E-state index in [-0.39, 0.29) is 18.6 Å². The van der Waals surface area contributed by atoms with Crippen LogP contribution < -0.4 is 10.1 Å². The standard InChI is InChI=1S/C20H23F3N2O2/c1-4-14(2)25(13-15-9-11-16(12-10-15)20(21,22)23)19(26)24-17-7-5-6-8-18(17)27-3/h5-12,14H,4,13H2,1-3H3,(H,24,26). The zero-order valence-corrected chi connectivity index (χ0v) is 15.5. The number of para-hydroxylation sites is 2. The van der Waals surface area contributed by atoms with Gasteiger partial charge in [-0.15, -0.1) is 0 Å². The molecule has 4 nitrogen and oxygen atoms in total. The Morgan fingerprint density at radius 1 is 1.15 bits per heavy atom. The Balaban J connectivity index is 2.18. The molecular weight excluding hydrogens is 357 g/mol.